The van der Waals surface area contributed by atoms with Gasteiger partial charge in [0.05, 0.1) is 5.69 Å². The second kappa shape index (κ2) is 7.45. The number of benzene rings is 2. The maximum absolute atomic E-state index is 5.92. The first-order chi connectivity index (χ1) is 11.1. The standard InChI is InChI=1S/C18H16Cl2N2S/c1-12(13-2-6-15(19)7-3-13)21-10-17-11-23-18(22-17)14-4-8-16(20)9-5-14/h2-9,11-12,21H,10H2,1H3/t12-/m1/s1. The van der Waals surface area contributed by atoms with Gasteiger partial charge in [-0.05, 0) is 36.8 Å². The fourth-order valence-electron chi connectivity index (χ4n) is 2.24. The van der Waals surface area contributed by atoms with Crippen LogP contribution in [0, 0.1) is 0 Å². The van der Waals surface area contributed by atoms with E-state index in [1.165, 1.54) is 5.56 Å². The maximum atomic E-state index is 5.92. The molecule has 0 amide bonds. The predicted molar refractivity (Wildman–Crippen MR) is 99.3 cm³/mol. The average molecular weight is 363 g/mol. The largest absolute Gasteiger partial charge is 0.305 e. The summed E-state index contributed by atoms with van der Waals surface area (Å²) in [6, 6.07) is 15.9. The Hall–Kier alpha value is -1.39. The average Bonchev–Trinajstić information content (AvgIpc) is 3.03. The van der Waals surface area contributed by atoms with Gasteiger partial charge in [0.2, 0.25) is 0 Å². The summed E-state index contributed by atoms with van der Waals surface area (Å²) in [6.45, 7) is 2.86. The van der Waals surface area contributed by atoms with Crippen LogP contribution in [0.1, 0.15) is 24.2 Å². The Bertz CT molecular complexity index is 766. The molecule has 1 atom stereocenters. The topological polar surface area (TPSA) is 24.9 Å². The lowest BCUT2D eigenvalue weighted by atomic mass is 10.1. The Kier molecular flexibility index (Phi) is 5.34. The number of aromatic nitrogens is 1. The van der Waals surface area contributed by atoms with E-state index in [4.69, 9.17) is 23.2 Å². The summed E-state index contributed by atoms with van der Waals surface area (Å²) >= 11 is 13.5. The summed E-state index contributed by atoms with van der Waals surface area (Å²) in [4.78, 5) is 4.68. The molecular weight excluding hydrogens is 347 g/mol. The van der Waals surface area contributed by atoms with E-state index >= 15 is 0 Å². The van der Waals surface area contributed by atoms with Gasteiger partial charge in [0.1, 0.15) is 5.01 Å². The summed E-state index contributed by atoms with van der Waals surface area (Å²) in [5.41, 5.74) is 3.35. The van der Waals surface area contributed by atoms with Gasteiger partial charge in [-0.15, -0.1) is 11.3 Å². The third-order valence-corrected chi connectivity index (χ3v) is 5.05. The molecule has 1 N–H and O–H groups in total. The predicted octanol–water partition coefficient (Wildman–Crippen LogP) is 5.97. The van der Waals surface area contributed by atoms with Gasteiger partial charge in [0, 0.05) is 33.6 Å². The highest BCUT2D eigenvalue weighted by Crippen LogP contribution is 2.25. The molecule has 0 radical (unpaired) electrons. The summed E-state index contributed by atoms with van der Waals surface area (Å²) in [6.07, 6.45) is 0. The van der Waals surface area contributed by atoms with Crippen molar-refractivity contribution >= 4 is 34.5 Å². The minimum absolute atomic E-state index is 0.243. The van der Waals surface area contributed by atoms with Crippen molar-refractivity contribution in [3.63, 3.8) is 0 Å². The van der Waals surface area contributed by atoms with E-state index in [-0.39, 0.29) is 6.04 Å². The molecule has 118 valence electrons. The van der Waals surface area contributed by atoms with Crippen molar-refractivity contribution in [2.45, 2.75) is 19.5 Å². The third kappa shape index (κ3) is 4.33. The molecule has 2 aromatic carbocycles. The fourth-order valence-corrected chi connectivity index (χ4v) is 3.32. The highest BCUT2D eigenvalue weighted by molar-refractivity contribution is 7.13. The SMILES string of the molecule is C[C@@H](NCc1csc(-c2ccc(Cl)cc2)n1)c1ccc(Cl)cc1. The first kappa shape index (κ1) is 16.5. The Morgan fingerprint density at radius 2 is 1.61 bits per heavy atom. The molecule has 0 unspecified atom stereocenters. The molecule has 23 heavy (non-hydrogen) atoms. The second-order valence-corrected chi connectivity index (χ2v) is 7.04. The molecule has 0 fully saturated rings. The first-order valence-corrected chi connectivity index (χ1v) is 8.94. The second-order valence-electron chi connectivity index (χ2n) is 5.31. The van der Waals surface area contributed by atoms with Crippen LogP contribution in [0.25, 0.3) is 10.6 Å². The van der Waals surface area contributed by atoms with E-state index < -0.39 is 0 Å². The van der Waals surface area contributed by atoms with Crippen molar-refractivity contribution in [3.05, 3.63) is 75.2 Å². The molecule has 3 rings (SSSR count). The van der Waals surface area contributed by atoms with E-state index in [0.29, 0.717) is 0 Å². The molecule has 0 bridgehead atoms. The van der Waals surface area contributed by atoms with E-state index in [1.54, 1.807) is 11.3 Å². The van der Waals surface area contributed by atoms with Crippen molar-refractivity contribution in [2.24, 2.45) is 0 Å². The third-order valence-electron chi connectivity index (χ3n) is 3.60. The van der Waals surface area contributed by atoms with Crippen LogP contribution < -0.4 is 5.32 Å². The maximum Gasteiger partial charge on any atom is 0.123 e. The van der Waals surface area contributed by atoms with Gasteiger partial charge in [-0.25, -0.2) is 4.98 Å². The van der Waals surface area contributed by atoms with Crippen molar-refractivity contribution in [1.82, 2.24) is 10.3 Å². The number of thiazole rings is 1. The molecule has 1 aromatic heterocycles. The van der Waals surface area contributed by atoms with Gasteiger partial charge >= 0.3 is 0 Å². The molecule has 0 spiro atoms. The van der Waals surface area contributed by atoms with Gasteiger partial charge < -0.3 is 5.32 Å². The smallest absolute Gasteiger partial charge is 0.123 e. The number of halogens is 2. The van der Waals surface area contributed by atoms with Crippen molar-refractivity contribution in [1.29, 1.82) is 0 Å². The molecule has 0 aliphatic rings. The lowest BCUT2D eigenvalue weighted by Gasteiger charge is -2.13. The van der Waals surface area contributed by atoms with Gasteiger partial charge in [-0.2, -0.15) is 0 Å². The highest BCUT2D eigenvalue weighted by Gasteiger charge is 2.08. The van der Waals surface area contributed by atoms with Crippen LogP contribution >= 0.6 is 34.5 Å². The van der Waals surface area contributed by atoms with Crippen LogP contribution in [0.15, 0.2) is 53.9 Å². The number of rotatable bonds is 5. The number of hydrogen-bond donors (Lipinski definition) is 1. The van der Waals surface area contributed by atoms with E-state index in [0.717, 1.165) is 32.9 Å². The van der Waals surface area contributed by atoms with Crippen LogP contribution in [0.3, 0.4) is 0 Å². The van der Waals surface area contributed by atoms with Crippen LogP contribution in [-0.2, 0) is 6.54 Å². The lowest BCUT2D eigenvalue weighted by molar-refractivity contribution is 0.569. The molecule has 0 aliphatic heterocycles. The zero-order valence-electron chi connectivity index (χ0n) is 12.6. The molecule has 0 aliphatic carbocycles. The Morgan fingerprint density at radius 3 is 2.26 bits per heavy atom. The van der Waals surface area contributed by atoms with Crippen molar-refractivity contribution < 1.29 is 0 Å². The summed E-state index contributed by atoms with van der Waals surface area (Å²) in [5.74, 6) is 0. The van der Waals surface area contributed by atoms with E-state index in [2.05, 4.69) is 22.6 Å². The van der Waals surface area contributed by atoms with E-state index in [1.807, 2.05) is 48.5 Å². The zero-order valence-corrected chi connectivity index (χ0v) is 14.9. The minimum Gasteiger partial charge on any atom is -0.305 e. The molecule has 5 heteroatoms. The normalized spacial score (nSPS) is 12.3. The molecule has 1 heterocycles. The zero-order chi connectivity index (χ0) is 16.2. The van der Waals surface area contributed by atoms with Gasteiger partial charge in [0.25, 0.3) is 0 Å². The van der Waals surface area contributed by atoms with Gasteiger partial charge in [0.15, 0.2) is 0 Å². The minimum atomic E-state index is 0.243. The quantitative estimate of drug-likeness (QED) is 0.604. The Balaban J connectivity index is 1.63. The summed E-state index contributed by atoms with van der Waals surface area (Å²) in [7, 11) is 0. The Labute approximate surface area is 150 Å². The molecule has 0 saturated heterocycles. The Morgan fingerprint density at radius 1 is 1.00 bits per heavy atom. The van der Waals surface area contributed by atoms with Crippen LogP contribution in [0.2, 0.25) is 10.0 Å². The molecule has 0 saturated carbocycles. The van der Waals surface area contributed by atoms with Crippen LogP contribution in [0.4, 0.5) is 0 Å². The van der Waals surface area contributed by atoms with E-state index in [9.17, 15) is 0 Å². The van der Waals surface area contributed by atoms with Gasteiger partial charge in [-0.3, -0.25) is 0 Å². The molecule has 3 aromatic rings. The number of nitrogens with one attached hydrogen (secondary N) is 1. The molecule has 2 nitrogen and oxygen atoms in total. The van der Waals surface area contributed by atoms with Crippen molar-refractivity contribution in [3.8, 4) is 10.6 Å². The summed E-state index contributed by atoms with van der Waals surface area (Å²) < 4.78 is 0. The summed E-state index contributed by atoms with van der Waals surface area (Å²) in [5, 5.41) is 8.09. The van der Waals surface area contributed by atoms with Gasteiger partial charge in [-0.1, -0.05) is 47.5 Å². The van der Waals surface area contributed by atoms with Crippen LogP contribution in [0.5, 0.6) is 0 Å². The molecular formula is C18H16Cl2N2S. The van der Waals surface area contributed by atoms with Crippen LogP contribution in [-0.4, -0.2) is 4.98 Å². The monoisotopic (exact) mass is 362 g/mol. The number of nitrogens with zero attached hydrogens (tertiary/aromatic N) is 1. The fraction of sp³-hybridized carbons (Fsp3) is 0.167. The number of hydrogen-bond acceptors (Lipinski definition) is 3. The first-order valence-electron chi connectivity index (χ1n) is 7.31. The highest BCUT2D eigenvalue weighted by atomic mass is 35.5. The van der Waals surface area contributed by atoms with Crippen molar-refractivity contribution in [2.75, 3.05) is 0 Å². The lowest BCUT2D eigenvalue weighted by Crippen LogP contribution is -2.18.